The van der Waals surface area contributed by atoms with Crippen LogP contribution in [-0.4, -0.2) is 31.3 Å². The van der Waals surface area contributed by atoms with Crippen LogP contribution >= 0.6 is 0 Å². The lowest BCUT2D eigenvalue weighted by Gasteiger charge is -2.15. The number of amides is 1. The van der Waals surface area contributed by atoms with Gasteiger partial charge in [-0.3, -0.25) is 9.63 Å². The van der Waals surface area contributed by atoms with E-state index in [-0.39, 0.29) is 0 Å². The van der Waals surface area contributed by atoms with Gasteiger partial charge in [0.1, 0.15) is 0 Å². The van der Waals surface area contributed by atoms with Crippen LogP contribution in [0.2, 0.25) is 0 Å². The highest BCUT2D eigenvalue weighted by molar-refractivity contribution is 5.80. The van der Waals surface area contributed by atoms with E-state index in [9.17, 15) is 18.0 Å². The molecular weight excluding hydrogens is 225 g/mol. The smallest absolute Gasteiger partial charge is 0.306 e. The maximum atomic E-state index is 11.7. The first kappa shape index (κ1) is 13.2. The molecule has 1 amide bonds. The summed E-state index contributed by atoms with van der Waals surface area (Å²) in [6.45, 7) is -0.761. The molecule has 1 saturated heterocycles. The van der Waals surface area contributed by atoms with E-state index in [4.69, 9.17) is 0 Å². The molecule has 7 heteroatoms. The number of carbonyl (C=O) groups is 1. The van der Waals surface area contributed by atoms with Crippen molar-refractivity contribution < 1.29 is 22.8 Å². The van der Waals surface area contributed by atoms with Crippen LogP contribution in [0.15, 0.2) is 0 Å². The molecule has 16 heavy (non-hydrogen) atoms. The van der Waals surface area contributed by atoms with E-state index >= 15 is 0 Å². The number of carbonyl (C=O) groups excluding carboxylic acids is 1. The molecule has 0 aromatic rings. The zero-order valence-corrected chi connectivity index (χ0v) is 8.77. The molecule has 0 aromatic carbocycles. The molecule has 1 fully saturated rings. The van der Waals surface area contributed by atoms with Gasteiger partial charge in [-0.25, -0.2) is 5.48 Å². The van der Waals surface area contributed by atoms with Crippen LogP contribution in [-0.2, 0) is 9.63 Å². The topological polar surface area (TPSA) is 50.4 Å². The van der Waals surface area contributed by atoms with Crippen LogP contribution in [0.4, 0.5) is 13.2 Å². The molecule has 0 spiro atoms. The molecule has 1 heterocycles. The number of alkyl halides is 3. The van der Waals surface area contributed by atoms with E-state index in [0.29, 0.717) is 13.0 Å². The van der Waals surface area contributed by atoms with Crippen LogP contribution in [0.1, 0.15) is 25.7 Å². The third-order valence-electron chi connectivity index (χ3n) is 2.29. The van der Waals surface area contributed by atoms with Crippen molar-refractivity contribution in [3.8, 4) is 0 Å². The Balaban J connectivity index is 2.23. The SMILES string of the molecule is O=C(NOCC(F)(F)F)C1CCCCCN1. The molecule has 1 unspecified atom stereocenters. The van der Waals surface area contributed by atoms with Crippen LogP contribution in [0.3, 0.4) is 0 Å². The number of hydroxylamine groups is 1. The molecule has 1 atom stereocenters. The lowest BCUT2D eigenvalue weighted by atomic mass is 10.1. The minimum Gasteiger partial charge on any atom is -0.306 e. The van der Waals surface area contributed by atoms with Crippen LogP contribution in [0.25, 0.3) is 0 Å². The molecular formula is C9H15F3N2O2. The van der Waals surface area contributed by atoms with Gasteiger partial charge in [-0.15, -0.1) is 0 Å². The Bertz CT molecular complexity index is 225. The van der Waals surface area contributed by atoms with Crippen molar-refractivity contribution in [2.75, 3.05) is 13.2 Å². The quantitative estimate of drug-likeness (QED) is 0.727. The van der Waals surface area contributed by atoms with Gasteiger partial charge in [0.25, 0.3) is 5.91 Å². The minimum atomic E-state index is -4.43. The second-order valence-electron chi connectivity index (χ2n) is 3.73. The number of rotatable bonds is 3. The molecule has 0 aliphatic carbocycles. The van der Waals surface area contributed by atoms with Gasteiger partial charge >= 0.3 is 6.18 Å². The van der Waals surface area contributed by atoms with Crippen molar-refractivity contribution in [2.45, 2.75) is 37.9 Å². The molecule has 0 aromatic heterocycles. The van der Waals surface area contributed by atoms with Gasteiger partial charge in [-0.05, 0) is 19.4 Å². The molecule has 2 N–H and O–H groups in total. The summed E-state index contributed by atoms with van der Waals surface area (Å²) in [5.41, 5.74) is 1.82. The summed E-state index contributed by atoms with van der Waals surface area (Å²) in [6.07, 6.45) is -0.900. The first-order valence-corrected chi connectivity index (χ1v) is 5.21. The number of nitrogens with one attached hydrogen (secondary N) is 2. The molecule has 0 radical (unpaired) electrons. The lowest BCUT2D eigenvalue weighted by Crippen LogP contribution is -2.44. The molecule has 1 rings (SSSR count). The molecule has 4 nitrogen and oxygen atoms in total. The largest absolute Gasteiger partial charge is 0.414 e. The van der Waals surface area contributed by atoms with Gasteiger partial charge in [-0.2, -0.15) is 13.2 Å². The van der Waals surface area contributed by atoms with Gasteiger partial charge in [-0.1, -0.05) is 12.8 Å². The Hall–Kier alpha value is -0.820. The normalized spacial score (nSPS) is 22.6. The van der Waals surface area contributed by atoms with Crippen LogP contribution < -0.4 is 10.8 Å². The highest BCUT2D eigenvalue weighted by Gasteiger charge is 2.29. The number of hydrogen-bond acceptors (Lipinski definition) is 3. The second kappa shape index (κ2) is 6.05. The average molecular weight is 240 g/mol. The molecule has 1 aliphatic rings. The van der Waals surface area contributed by atoms with Crippen molar-refractivity contribution in [3.63, 3.8) is 0 Å². The predicted octanol–water partition coefficient (Wildman–Crippen LogP) is 1.13. The Kier molecular flexibility index (Phi) is 5.01. The van der Waals surface area contributed by atoms with Crippen molar-refractivity contribution in [2.24, 2.45) is 0 Å². The van der Waals surface area contributed by atoms with E-state index in [1.165, 1.54) is 0 Å². The fourth-order valence-corrected chi connectivity index (χ4v) is 1.51. The van der Waals surface area contributed by atoms with Gasteiger partial charge in [0.05, 0.1) is 6.04 Å². The molecule has 0 bridgehead atoms. The van der Waals surface area contributed by atoms with Crippen LogP contribution in [0.5, 0.6) is 0 Å². The van der Waals surface area contributed by atoms with Gasteiger partial charge < -0.3 is 5.32 Å². The summed E-state index contributed by atoms with van der Waals surface area (Å²) in [5.74, 6) is -0.536. The van der Waals surface area contributed by atoms with E-state index < -0.39 is 24.7 Å². The van der Waals surface area contributed by atoms with Crippen molar-refractivity contribution >= 4 is 5.91 Å². The summed E-state index contributed by atoms with van der Waals surface area (Å²) < 4.78 is 35.2. The fourth-order valence-electron chi connectivity index (χ4n) is 1.51. The standard InChI is InChI=1S/C9H15F3N2O2/c10-9(11,12)6-16-14-8(15)7-4-2-1-3-5-13-7/h7,13H,1-6H2,(H,14,15). The fraction of sp³-hybridized carbons (Fsp3) is 0.889. The van der Waals surface area contributed by atoms with E-state index in [2.05, 4.69) is 10.2 Å². The molecule has 1 aliphatic heterocycles. The number of halogens is 3. The Labute approximate surface area is 91.5 Å². The monoisotopic (exact) mass is 240 g/mol. The minimum absolute atomic E-state index is 0.448. The summed E-state index contributed by atoms with van der Waals surface area (Å²) >= 11 is 0. The molecule has 0 saturated carbocycles. The van der Waals surface area contributed by atoms with Crippen molar-refractivity contribution in [1.29, 1.82) is 0 Å². The highest BCUT2D eigenvalue weighted by Crippen LogP contribution is 2.14. The van der Waals surface area contributed by atoms with Crippen molar-refractivity contribution in [3.05, 3.63) is 0 Å². The number of hydrogen-bond donors (Lipinski definition) is 2. The summed E-state index contributed by atoms with van der Waals surface area (Å²) in [6, 6.07) is -0.448. The van der Waals surface area contributed by atoms with Gasteiger partial charge in [0, 0.05) is 0 Å². The third-order valence-corrected chi connectivity index (χ3v) is 2.29. The maximum absolute atomic E-state index is 11.7. The summed E-state index contributed by atoms with van der Waals surface area (Å²) in [5, 5.41) is 2.96. The lowest BCUT2D eigenvalue weighted by molar-refractivity contribution is -0.192. The predicted molar refractivity (Wildman–Crippen MR) is 50.4 cm³/mol. The summed E-state index contributed by atoms with van der Waals surface area (Å²) in [7, 11) is 0. The van der Waals surface area contributed by atoms with E-state index in [1.54, 1.807) is 0 Å². The second-order valence-corrected chi connectivity index (χ2v) is 3.73. The van der Waals surface area contributed by atoms with Gasteiger partial charge in [0.2, 0.25) is 0 Å². The maximum Gasteiger partial charge on any atom is 0.414 e. The first-order chi connectivity index (χ1) is 7.49. The average Bonchev–Trinajstić information content (AvgIpc) is 2.43. The highest BCUT2D eigenvalue weighted by atomic mass is 19.4. The Morgan fingerprint density at radius 1 is 1.38 bits per heavy atom. The van der Waals surface area contributed by atoms with E-state index in [1.807, 2.05) is 5.48 Å². The Morgan fingerprint density at radius 2 is 2.12 bits per heavy atom. The zero-order chi connectivity index (χ0) is 12.0. The van der Waals surface area contributed by atoms with Crippen LogP contribution in [0, 0.1) is 0 Å². The van der Waals surface area contributed by atoms with E-state index in [0.717, 1.165) is 19.3 Å². The third kappa shape index (κ3) is 5.32. The summed E-state index contributed by atoms with van der Waals surface area (Å²) in [4.78, 5) is 15.5. The van der Waals surface area contributed by atoms with Crippen molar-refractivity contribution in [1.82, 2.24) is 10.8 Å². The Morgan fingerprint density at radius 3 is 2.81 bits per heavy atom. The zero-order valence-electron chi connectivity index (χ0n) is 8.77. The first-order valence-electron chi connectivity index (χ1n) is 5.21. The van der Waals surface area contributed by atoms with Gasteiger partial charge in [0.15, 0.2) is 6.61 Å². The molecule has 94 valence electrons.